The second kappa shape index (κ2) is 7.71. The van der Waals surface area contributed by atoms with E-state index in [0.717, 1.165) is 36.8 Å². The number of nitrogens with one attached hydrogen (secondary N) is 1. The van der Waals surface area contributed by atoms with E-state index in [1.54, 1.807) is 0 Å². The van der Waals surface area contributed by atoms with Crippen molar-refractivity contribution in [3.8, 4) is 17.2 Å². The summed E-state index contributed by atoms with van der Waals surface area (Å²) in [6.45, 7) is 2.97. The van der Waals surface area contributed by atoms with Crippen LogP contribution in [0.25, 0.3) is 0 Å². The number of ether oxygens (including phenoxy) is 3. The van der Waals surface area contributed by atoms with Gasteiger partial charge in [-0.2, -0.15) is 0 Å². The quantitative estimate of drug-likeness (QED) is 0.798. The van der Waals surface area contributed by atoms with Crippen LogP contribution in [-0.4, -0.2) is 32.4 Å². The third kappa shape index (κ3) is 4.15. The maximum Gasteiger partial charge on any atom is 0.161 e. The summed E-state index contributed by atoms with van der Waals surface area (Å²) in [6.07, 6.45) is 1.02. The minimum Gasteiger partial charge on any atom is -0.494 e. The first-order valence-corrected chi connectivity index (χ1v) is 7.69. The zero-order chi connectivity index (χ0) is 15.0. The minimum absolute atomic E-state index is 0.0601. The van der Waals surface area contributed by atoms with Gasteiger partial charge in [-0.15, -0.1) is 0 Å². The molecule has 0 amide bonds. The Labute approximate surface area is 131 Å². The molecular weight excluding hydrogens is 278 g/mol. The molecule has 1 atom stereocenters. The Morgan fingerprint density at radius 1 is 1.00 bits per heavy atom. The van der Waals surface area contributed by atoms with Gasteiger partial charge in [-0.05, 0) is 37.2 Å². The van der Waals surface area contributed by atoms with E-state index in [1.807, 2.05) is 54.6 Å². The molecule has 4 heteroatoms. The number of rotatable bonds is 7. The van der Waals surface area contributed by atoms with E-state index >= 15 is 0 Å². The molecule has 0 fully saturated rings. The molecule has 4 nitrogen and oxygen atoms in total. The summed E-state index contributed by atoms with van der Waals surface area (Å²) in [5, 5.41) is 3.39. The molecule has 0 saturated carbocycles. The SMILES string of the molecule is c1ccc(OCCCNC[C@H]2COc3ccccc3O2)cc1. The van der Waals surface area contributed by atoms with Crippen molar-refractivity contribution in [1.82, 2.24) is 5.32 Å². The number of fused-ring (bicyclic) bond motifs is 1. The third-order valence-corrected chi connectivity index (χ3v) is 3.45. The van der Waals surface area contributed by atoms with E-state index in [4.69, 9.17) is 14.2 Å². The summed E-state index contributed by atoms with van der Waals surface area (Å²) in [5.74, 6) is 2.58. The summed E-state index contributed by atoms with van der Waals surface area (Å²) in [6, 6.07) is 17.7. The number of hydrogen-bond donors (Lipinski definition) is 1. The Bertz CT molecular complexity index is 574. The Hall–Kier alpha value is -2.20. The molecule has 0 spiro atoms. The van der Waals surface area contributed by atoms with Gasteiger partial charge >= 0.3 is 0 Å². The first kappa shape index (κ1) is 14.7. The Morgan fingerprint density at radius 3 is 2.64 bits per heavy atom. The van der Waals surface area contributed by atoms with Crippen molar-refractivity contribution >= 4 is 0 Å². The van der Waals surface area contributed by atoms with Crippen LogP contribution < -0.4 is 19.5 Å². The smallest absolute Gasteiger partial charge is 0.161 e. The summed E-state index contributed by atoms with van der Waals surface area (Å²) >= 11 is 0. The summed E-state index contributed by atoms with van der Waals surface area (Å²) < 4.78 is 17.2. The summed E-state index contributed by atoms with van der Waals surface area (Å²) in [5.41, 5.74) is 0. The van der Waals surface area contributed by atoms with Gasteiger partial charge in [-0.25, -0.2) is 0 Å². The molecule has 1 heterocycles. The molecule has 0 aromatic heterocycles. The average molecular weight is 299 g/mol. The molecule has 0 bridgehead atoms. The summed E-state index contributed by atoms with van der Waals surface area (Å²) in [7, 11) is 0. The standard InChI is InChI=1S/C18H21NO3/c1-2-7-15(8-3-1)20-12-6-11-19-13-16-14-21-17-9-4-5-10-18(17)22-16/h1-5,7-10,16,19H,6,11-14H2/t16-/m0/s1. The molecule has 0 aliphatic carbocycles. The highest BCUT2D eigenvalue weighted by molar-refractivity contribution is 5.40. The zero-order valence-electron chi connectivity index (χ0n) is 12.5. The number of hydrogen-bond acceptors (Lipinski definition) is 4. The van der Waals surface area contributed by atoms with E-state index in [2.05, 4.69) is 5.32 Å². The van der Waals surface area contributed by atoms with Crippen molar-refractivity contribution in [2.45, 2.75) is 12.5 Å². The molecule has 3 rings (SSSR count). The monoisotopic (exact) mass is 299 g/mol. The normalized spacial score (nSPS) is 16.3. The lowest BCUT2D eigenvalue weighted by atomic mass is 10.2. The molecule has 0 unspecified atom stereocenters. The predicted octanol–water partition coefficient (Wildman–Crippen LogP) is 2.89. The second-order valence-electron chi connectivity index (χ2n) is 5.22. The fourth-order valence-corrected chi connectivity index (χ4v) is 2.33. The molecule has 116 valence electrons. The third-order valence-electron chi connectivity index (χ3n) is 3.45. The topological polar surface area (TPSA) is 39.7 Å². The highest BCUT2D eigenvalue weighted by atomic mass is 16.6. The van der Waals surface area contributed by atoms with Crippen LogP contribution in [0.2, 0.25) is 0 Å². The molecular formula is C18H21NO3. The largest absolute Gasteiger partial charge is 0.494 e. The number of benzene rings is 2. The Balaban J connectivity index is 1.30. The molecule has 2 aromatic rings. The Morgan fingerprint density at radius 2 is 1.77 bits per heavy atom. The lowest BCUT2D eigenvalue weighted by Gasteiger charge is -2.26. The molecule has 0 saturated heterocycles. The van der Waals surface area contributed by atoms with Gasteiger partial charge in [-0.3, -0.25) is 0 Å². The highest BCUT2D eigenvalue weighted by Gasteiger charge is 2.19. The fourth-order valence-electron chi connectivity index (χ4n) is 2.33. The fraction of sp³-hybridized carbons (Fsp3) is 0.333. The molecule has 2 aromatic carbocycles. The van der Waals surface area contributed by atoms with Crippen molar-refractivity contribution in [3.63, 3.8) is 0 Å². The van der Waals surface area contributed by atoms with Crippen molar-refractivity contribution in [2.75, 3.05) is 26.3 Å². The van der Waals surface area contributed by atoms with Crippen molar-refractivity contribution in [3.05, 3.63) is 54.6 Å². The van der Waals surface area contributed by atoms with Crippen LogP contribution in [0.15, 0.2) is 54.6 Å². The second-order valence-corrected chi connectivity index (χ2v) is 5.22. The van der Waals surface area contributed by atoms with Gasteiger partial charge in [0, 0.05) is 6.54 Å². The number of para-hydroxylation sites is 3. The van der Waals surface area contributed by atoms with Gasteiger partial charge < -0.3 is 19.5 Å². The van der Waals surface area contributed by atoms with Gasteiger partial charge in [0.2, 0.25) is 0 Å². The maximum atomic E-state index is 5.89. The van der Waals surface area contributed by atoms with Crippen molar-refractivity contribution in [2.24, 2.45) is 0 Å². The van der Waals surface area contributed by atoms with Crippen molar-refractivity contribution in [1.29, 1.82) is 0 Å². The lowest BCUT2D eigenvalue weighted by molar-refractivity contribution is 0.0902. The molecule has 1 N–H and O–H groups in total. The first-order chi connectivity index (χ1) is 10.9. The minimum atomic E-state index is 0.0601. The van der Waals surface area contributed by atoms with E-state index in [9.17, 15) is 0 Å². The molecule has 0 radical (unpaired) electrons. The van der Waals surface area contributed by atoms with Crippen LogP contribution in [0, 0.1) is 0 Å². The van der Waals surface area contributed by atoms with Gasteiger partial charge in [0.15, 0.2) is 11.5 Å². The van der Waals surface area contributed by atoms with Crippen LogP contribution in [0.1, 0.15) is 6.42 Å². The van der Waals surface area contributed by atoms with Gasteiger partial charge in [0.1, 0.15) is 18.5 Å². The van der Waals surface area contributed by atoms with E-state index < -0.39 is 0 Å². The van der Waals surface area contributed by atoms with E-state index in [-0.39, 0.29) is 6.10 Å². The lowest BCUT2D eigenvalue weighted by Crippen LogP contribution is -2.39. The van der Waals surface area contributed by atoms with Gasteiger partial charge in [0.05, 0.1) is 6.61 Å². The molecule has 1 aliphatic rings. The van der Waals surface area contributed by atoms with E-state index in [1.165, 1.54) is 0 Å². The maximum absolute atomic E-state index is 5.89. The molecule has 22 heavy (non-hydrogen) atoms. The van der Waals surface area contributed by atoms with Gasteiger partial charge in [0.25, 0.3) is 0 Å². The van der Waals surface area contributed by atoms with Crippen LogP contribution in [0.4, 0.5) is 0 Å². The Kier molecular flexibility index (Phi) is 5.16. The van der Waals surface area contributed by atoms with Crippen LogP contribution in [0.3, 0.4) is 0 Å². The highest BCUT2D eigenvalue weighted by Crippen LogP contribution is 2.30. The first-order valence-electron chi connectivity index (χ1n) is 7.69. The van der Waals surface area contributed by atoms with Crippen LogP contribution >= 0.6 is 0 Å². The van der Waals surface area contributed by atoms with Gasteiger partial charge in [-0.1, -0.05) is 30.3 Å². The average Bonchev–Trinajstić information content (AvgIpc) is 2.59. The summed E-state index contributed by atoms with van der Waals surface area (Å²) in [4.78, 5) is 0. The van der Waals surface area contributed by atoms with Crippen LogP contribution in [0.5, 0.6) is 17.2 Å². The zero-order valence-corrected chi connectivity index (χ0v) is 12.5. The van der Waals surface area contributed by atoms with Crippen molar-refractivity contribution < 1.29 is 14.2 Å². The predicted molar refractivity (Wildman–Crippen MR) is 85.8 cm³/mol. The van der Waals surface area contributed by atoms with E-state index in [0.29, 0.717) is 13.2 Å². The van der Waals surface area contributed by atoms with Crippen LogP contribution in [-0.2, 0) is 0 Å². The molecule has 1 aliphatic heterocycles.